The van der Waals surface area contributed by atoms with Gasteiger partial charge in [-0.25, -0.2) is 0 Å². The number of hydrogen-bond acceptors (Lipinski definition) is 5. The minimum absolute atomic E-state index is 0.0170. The van der Waals surface area contributed by atoms with E-state index in [-0.39, 0.29) is 18.4 Å². The summed E-state index contributed by atoms with van der Waals surface area (Å²) < 4.78 is 11.4. The molecule has 31 heavy (non-hydrogen) atoms. The van der Waals surface area contributed by atoms with Crippen LogP contribution in [0.3, 0.4) is 0 Å². The molecule has 0 saturated heterocycles. The third-order valence-corrected chi connectivity index (χ3v) is 6.74. The normalized spacial score (nSPS) is 17.1. The number of rotatable bonds is 3. The standard InChI is InChI=1S/C24H22N2O4S/c1-15-17(24(28)26-11-9-22-16(13-26)10-12-31-22)5-4-6-18(15)25-23(27)21-14-29-19-7-2-3-8-20(19)30-21/h2-8,10,12,21H,9,11,13-14H2,1H3,(H,25,27). The van der Waals surface area contributed by atoms with Crippen molar-refractivity contribution >= 4 is 28.8 Å². The molecule has 2 aliphatic heterocycles. The lowest BCUT2D eigenvalue weighted by molar-refractivity contribution is -0.125. The zero-order chi connectivity index (χ0) is 21.4. The topological polar surface area (TPSA) is 67.9 Å². The first-order chi connectivity index (χ1) is 15.1. The van der Waals surface area contributed by atoms with Crippen molar-refractivity contribution in [2.24, 2.45) is 0 Å². The van der Waals surface area contributed by atoms with Gasteiger partial charge in [0.05, 0.1) is 0 Å². The molecule has 1 N–H and O–H groups in total. The monoisotopic (exact) mass is 434 g/mol. The van der Waals surface area contributed by atoms with Gasteiger partial charge in [-0.2, -0.15) is 0 Å². The van der Waals surface area contributed by atoms with Crippen LogP contribution in [0.2, 0.25) is 0 Å². The molecular formula is C24H22N2O4S. The van der Waals surface area contributed by atoms with Crippen LogP contribution >= 0.6 is 11.3 Å². The Bertz CT molecular complexity index is 1160. The SMILES string of the molecule is Cc1c(NC(=O)C2COc3ccccc3O2)cccc1C(=O)N1CCc2sccc2C1. The van der Waals surface area contributed by atoms with Gasteiger partial charge < -0.3 is 19.7 Å². The Morgan fingerprint density at radius 1 is 1.10 bits per heavy atom. The van der Waals surface area contributed by atoms with Crippen LogP contribution in [-0.2, 0) is 17.8 Å². The van der Waals surface area contributed by atoms with Gasteiger partial charge in [-0.05, 0) is 60.2 Å². The number of carbonyl (C=O) groups excluding carboxylic acids is 2. The van der Waals surface area contributed by atoms with E-state index < -0.39 is 6.10 Å². The third kappa shape index (κ3) is 3.77. The molecule has 2 amide bonds. The van der Waals surface area contributed by atoms with Gasteiger partial charge in [0.25, 0.3) is 11.8 Å². The highest BCUT2D eigenvalue weighted by atomic mass is 32.1. The molecule has 6 nitrogen and oxygen atoms in total. The van der Waals surface area contributed by atoms with Crippen molar-refractivity contribution in [2.75, 3.05) is 18.5 Å². The molecule has 158 valence electrons. The van der Waals surface area contributed by atoms with E-state index in [0.29, 0.717) is 35.8 Å². The second-order valence-electron chi connectivity index (χ2n) is 7.68. The number of para-hydroxylation sites is 2. The predicted molar refractivity (Wildman–Crippen MR) is 119 cm³/mol. The van der Waals surface area contributed by atoms with Gasteiger partial charge in [0, 0.05) is 29.2 Å². The Morgan fingerprint density at radius 2 is 1.94 bits per heavy atom. The van der Waals surface area contributed by atoms with E-state index >= 15 is 0 Å². The molecule has 1 unspecified atom stereocenters. The fraction of sp³-hybridized carbons (Fsp3) is 0.250. The minimum atomic E-state index is -0.757. The van der Waals surface area contributed by atoms with Crippen molar-refractivity contribution in [3.05, 3.63) is 75.5 Å². The van der Waals surface area contributed by atoms with Crippen LogP contribution in [0.5, 0.6) is 11.5 Å². The number of anilines is 1. The second kappa shape index (κ2) is 8.07. The Labute approximate surface area is 184 Å². The van der Waals surface area contributed by atoms with E-state index in [4.69, 9.17) is 9.47 Å². The van der Waals surface area contributed by atoms with Crippen LogP contribution in [0.15, 0.2) is 53.9 Å². The van der Waals surface area contributed by atoms with Crippen LogP contribution in [0, 0.1) is 6.92 Å². The number of nitrogens with zero attached hydrogens (tertiary/aromatic N) is 1. The number of fused-ring (bicyclic) bond motifs is 2. The molecular weight excluding hydrogens is 412 g/mol. The first-order valence-electron chi connectivity index (χ1n) is 10.2. The van der Waals surface area contributed by atoms with E-state index in [9.17, 15) is 9.59 Å². The quantitative estimate of drug-likeness (QED) is 0.676. The fourth-order valence-corrected chi connectivity index (χ4v) is 4.85. The maximum absolute atomic E-state index is 13.2. The Morgan fingerprint density at radius 3 is 2.81 bits per heavy atom. The number of ether oxygens (including phenoxy) is 2. The van der Waals surface area contributed by atoms with Crippen molar-refractivity contribution in [3.63, 3.8) is 0 Å². The van der Waals surface area contributed by atoms with Crippen LogP contribution in [-0.4, -0.2) is 36.0 Å². The summed E-state index contributed by atoms with van der Waals surface area (Å²) in [6.45, 7) is 3.32. The summed E-state index contributed by atoms with van der Waals surface area (Å²) in [6.07, 6.45) is 0.127. The maximum atomic E-state index is 13.2. The summed E-state index contributed by atoms with van der Waals surface area (Å²) in [6, 6.07) is 14.8. The molecule has 0 radical (unpaired) electrons. The highest BCUT2D eigenvalue weighted by Gasteiger charge is 2.29. The molecule has 5 rings (SSSR count). The zero-order valence-electron chi connectivity index (χ0n) is 17.1. The number of hydrogen-bond donors (Lipinski definition) is 1. The fourth-order valence-electron chi connectivity index (χ4n) is 3.96. The highest BCUT2D eigenvalue weighted by Crippen LogP contribution is 2.32. The van der Waals surface area contributed by atoms with Crippen LogP contribution in [0.25, 0.3) is 0 Å². The van der Waals surface area contributed by atoms with Crippen molar-refractivity contribution in [2.45, 2.75) is 26.0 Å². The Hall–Kier alpha value is -3.32. The van der Waals surface area contributed by atoms with Gasteiger partial charge in [0.15, 0.2) is 11.5 Å². The summed E-state index contributed by atoms with van der Waals surface area (Å²) in [5.41, 5.74) is 3.17. The summed E-state index contributed by atoms with van der Waals surface area (Å²) in [4.78, 5) is 29.2. The summed E-state index contributed by atoms with van der Waals surface area (Å²) in [5.74, 6) is 0.859. The molecule has 1 atom stereocenters. The van der Waals surface area contributed by atoms with Crippen molar-refractivity contribution in [3.8, 4) is 11.5 Å². The number of nitrogens with one attached hydrogen (secondary N) is 1. The smallest absolute Gasteiger partial charge is 0.269 e. The van der Waals surface area contributed by atoms with E-state index in [1.54, 1.807) is 29.5 Å². The molecule has 0 fully saturated rings. The first kappa shape index (κ1) is 19.6. The van der Waals surface area contributed by atoms with E-state index in [0.717, 1.165) is 12.0 Å². The second-order valence-corrected chi connectivity index (χ2v) is 8.68. The molecule has 7 heteroatoms. The first-order valence-corrected chi connectivity index (χ1v) is 11.1. The Kier molecular flexibility index (Phi) is 5.11. The number of carbonyl (C=O) groups is 2. The average Bonchev–Trinajstić information content (AvgIpc) is 3.27. The van der Waals surface area contributed by atoms with Crippen molar-refractivity contribution < 1.29 is 19.1 Å². The third-order valence-electron chi connectivity index (χ3n) is 5.72. The zero-order valence-corrected chi connectivity index (χ0v) is 17.9. The van der Waals surface area contributed by atoms with Gasteiger partial charge in [-0.1, -0.05) is 18.2 Å². The molecule has 0 bridgehead atoms. The maximum Gasteiger partial charge on any atom is 0.269 e. The summed E-state index contributed by atoms with van der Waals surface area (Å²) in [5, 5.41) is 4.99. The molecule has 3 aromatic rings. The van der Waals surface area contributed by atoms with Crippen molar-refractivity contribution in [1.82, 2.24) is 4.90 Å². The number of benzene rings is 2. The molecule has 2 aromatic carbocycles. The highest BCUT2D eigenvalue weighted by molar-refractivity contribution is 7.10. The lowest BCUT2D eigenvalue weighted by Gasteiger charge is -2.28. The van der Waals surface area contributed by atoms with Crippen LogP contribution in [0.1, 0.15) is 26.4 Å². The predicted octanol–water partition coefficient (Wildman–Crippen LogP) is 4.03. The molecule has 3 heterocycles. The van der Waals surface area contributed by atoms with Gasteiger partial charge in [-0.15, -0.1) is 11.3 Å². The van der Waals surface area contributed by atoms with Gasteiger partial charge in [-0.3, -0.25) is 9.59 Å². The largest absolute Gasteiger partial charge is 0.485 e. The lowest BCUT2D eigenvalue weighted by Crippen LogP contribution is -2.40. The van der Waals surface area contributed by atoms with Gasteiger partial charge in [0.2, 0.25) is 6.10 Å². The number of thiophene rings is 1. The molecule has 2 aliphatic rings. The van der Waals surface area contributed by atoms with Gasteiger partial charge >= 0.3 is 0 Å². The van der Waals surface area contributed by atoms with Crippen molar-refractivity contribution in [1.29, 1.82) is 0 Å². The number of amides is 2. The average molecular weight is 435 g/mol. The Balaban J connectivity index is 1.31. The molecule has 0 aliphatic carbocycles. The molecule has 1 aromatic heterocycles. The van der Waals surface area contributed by atoms with E-state index in [1.807, 2.05) is 36.1 Å². The van der Waals surface area contributed by atoms with E-state index in [1.165, 1.54) is 10.4 Å². The van der Waals surface area contributed by atoms with Crippen LogP contribution in [0.4, 0.5) is 5.69 Å². The molecule has 0 saturated carbocycles. The lowest BCUT2D eigenvalue weighted by atomic mass is 10.0. The minimum Gasteiger partial charge on any atom is -0.485 e. The summed E-state index contributed by atoms with van der Waals surface area (Å²) >= 11 is 1.75. The molecule has 0 spiro atoms. The van der Waals surface area contributed by atoms with E-state index in [2.05, 4.69) is 16.8 Å². The van der Waals surface area contributed by atoms with Gasteiger partial charge in [0.1, 0.15) is 6.61 Å². The van der Waals surface area contributed by atoms with Crippen LogP contribution < -0.4 is 14.8 Å². The summed E-state index contributed by atoms with van der Waals surface area (Å²) in [7, 11) is 0.